The Bertz CT molecular complexity index is 1040. The van der Waals surface area contributed by atoms with E-state index >= 15 is 0 Å². The van der Waals surface area contributed by atoms with Crippen LogP contribution in [-0.4, -0.2) is 24.7 Å². The molecule has 0 saturated heterocycles. The highest BCUT2D eigenvalue weighted by Crippen LogP contribution is 2.37. The topological polar surface area (TPSA) is 48.4 Å². The van der Waals surface area contributed by atoms with E-state index in [0.717, 1.165) is 17.7 Å². The minimum absolute atomic E-state index is 0.137. The number of carbonyl (C=O) groups excluding carboxylic acids is 1. The summed E-state index contributed by atoms with van der Waals surface area (Å²) in [6.45, 7) is 3.71. The van der Waals surface area contributed by atoms with Gasteiger partial charge in [-0.15, -0.1) is 0 Å². The van der Waals surface area contributed by atoms with Crippen LogP contribution in [0.15, 0.2) is 42.6 Å². The number of hydrogen-bond donors (Lipinski definition) is 0. The van der Waals surface area contributed by atoms with E-state index in [1.807, 2.05) is 19.1 Å². The molecule has 1 heterocycles. The fourth-order valence-corrected chi connectivity index (χ4v) is 3.05. The Morgan fingerprint density at radius 2 is 1.89 bits per heavy atom. The van der Waals surface area contributed by atoms with Gasteiger partial charge in [0.05, 0.1) is 30.4 Å². The molecule has 28 heavy (non-hydrogen) atoms. The zero-order chi connectivity index (χ0) is 20.5. The van der Waals surface area contributed by atoms with Crippen LogP contribution in [0.5, 0.6) is 5.75 Å². The normalized spacial score (nSPS) is 11.5. The Hall–Kier alpha value is -3.09. The minimum Gasteiger partial charge on any atom is -0.497 e. The molecular formula is C21H18F3NO3. The quantitative estimate of drug-likeness (QED) is 0.560. The number of nitrogens with zero attached hydrogens (tertiary/aromatic N) is 1. The second kappa shape index (κ2) is 7.50. The van der Waals surface area contributed by atoms with Crippen LogP contribution in [0.4, 0.5) is 13.2 Å². The van der Waals surface area contributed by atoms with E-state index in [4.69, 9.17) is 9.47 Å². The van der Waals surface area contributed by atoms with Crippen molar-refractivity contribution < 1.29 is 27.4 Å². The van der Waals surface area contributed by atoms with Gasteiger partial charge >= 0.3 is 12.1 Å². The number of hydrogen-bond acceptors (Lipinski definition) is 4. The maximum absolute atomic E-state index is 13.1. The fourth-order valence-electron chi connectivity index (χ4n) is 3.05. The molecule has 0 saturated carbocycles. The van der Waals surface area contributed by atoms with Crippen LogP contribution in [0.3, 0.4) is 0 Å². The molecular weight excluding hydrogens is 371 g/mol. The number of rotatable bonds is 4. The van der Waals surface area contributed by atoms with Gasteiger partial charge in [-0.2, -0.15) is 13.2 Å². The number of aromatic nitrogens is 1. The lowest BCUT2D eigenvalue weighted by Crippen LogP contribution is -2.09. The Morgan fingerprint density at radius 3 is 2.54 bits per heavy atom. The lowest BCUT2D eigenvalue weighted by molar-refractivity contribution is -0.137. The van der Waals surface area contributed by atoms with Crippen molar-refractivity contribution in [3.05, 3.63) is 59.3 Å². The van der Waals surface area contributed by atoms with Gasteiger partial charge in [0.2, 0.25) is 0 Å². The largest absolute Gasteiger partial charge is 0.497 e. The van der Waals surface area contributed by atoms with Crippen LogP contribution in [0.1, 0.15) is 28.4 Å². The number of carbonyl (C=O) groups is 1. The van der Waals surface area contributed by atoms with Gasteiger partial charge in [-0.3, -0.25) is 4.98 Å². The highest BCUT2D eigenvalue weighted by Gasteiger charge is 2.31. The van der Waals surface area contributed by atoms with Crippen molar-refractivity contribution in [2.24, 2.45) is 0 Å². The van der Waals surface area contributed by atoms with E-state index in [1.165, 1.54) is 19.4 Å². The molecule has 0 N–H and O–H groups in total. The number of fused-ring (bicyclic) bond motifs is 1. The van der Waals surface area contributed by atoms with E-state index in [-0.39, 0.29) is 17.7 Å². The van der Waals surface area contributed by atoms with Crippen molar-refractivity contribution in [2.45, 2.75) is 20.0 Å². The van der Waals surface area contributed by atoms with Gasteiger partial charge in [-0.25, -0.2) is 4.79 Å². The van der Waals surface area contributed by atoms with Gasteiger partial charge in [0.25, 0.3) is 0 Å². The molecule has 7 heteroatoms. The van der Waals surface area contributed by atoms with E-state index < -0.39 is 17.7 Å². The predicted octanol–water partition coefficient (Wildman–Crippen LogP) is 5.41. The molecule has 0 unspecified atom stereocenters. The lowest BCUT2D eigenvalue weighted by atomic mass is 9.94. The summed E-state index contributed by atoms with van der Waals surface area (Å²) < 4.78 is 49.7. The number of methoxy groups -OCH3 is 1. The summed E-state index contributed by atoms with van der Waals surface area (Å²) in [4.78, 5) is 16.6. The lowest BCUT2D eigenvalue weighted by Gasteiger charge is -2.15. The molecule has 0 radical (unpaired) electrons. The fraction of sp³-hybridized carbons (Fsp3) is 0.238. The van der Waals surface area contributed by atoms with Crippen molar-refractivity contribution in [1.29, 1.82) is 0 Å². The Balaban J connectivity index is 2.33. The molecule has 146 valence electrons. The summed E-state index contributed by atoms with van der Waals surface area (Å²) in [6.07, 6.45) is -3.23. The number of alkyl halides is 3. The average molecular weight is 389 g/mol. The predicted molar refractivity (Wildman–Crippen MR) is 99.4 cm³/mol. The molecule has 0 aliphatic heterocycles. The maximum atomic E-state index is 13.1. The average Bonchev–Trinajstić information content (AvgIpc) is 2.65. The number of aryl methyl sites for hydroxylation is 1. The molecule has 1 aromatic heterocycles. The van der Waals surface area contributed by atoms with Gasteiger partial charge in [0.15, 0.2) is 0 Å². The van der Waals surface area contributed by atoms with Gasteiger partial charge in [0, 0.05) is 17.1 Å². The SMILES string of the molecule is CCOC(=O)c1cnc2cc(C(F)(F)F)ccc2c1-c1cc(C)cc(OC)c1. The number of halogens is 3. The zero-order valence-corrected chi connectivity index (χ0v) is 15.6. The number of ether oxygens (including phenoxy) is 2. The van der Waals surface area contributed by atoms with Gasteiger partial charge in [0.1, 0.15) is 5.75 Å². The van der Waals surface area contributed by atoms with E-state index in [1.54, 1.807) is 13.0 Å². The van der Waals surface area contributed by atoms with E-state index in [2.05, 4.69) is 4.98 Å². The molecule has 0 spiro atoms. The maximum Gasteiger partial charge on any atom is 0.416 e. The third-order valence-corrected chi connectivity index (χ3v) is 4.27. The Morgan fingerprint density at radius 1 is 1.14 bits per heavy atom. The second-order valence-electron chi connectivity index (χ2n) is 6.24. The summed E-state index contributed by atoms with van der Waals surface area (Å²) >= 11 is 0. The molecule has 3 aromatic rings. The van der Waals surface area contributed by atoms with Crippen molar-refractivity contribution >= 4 is 16.9 Å². The minimum atomic E-state index is -4.48. The first-order valence-electron chi connectivity index (χ1n) is 8.57. The van der Waals surface area contributed by atoms with Crippen LogP contribution >= 0.6 is 0 Å². The van der Waals surface area contributed by atoms with Crippen molar-refractivity contribution in [3.8, 4) is 16.9 Å². The van der Waals surface area contributed by atoms with Gasteiger partial charge in [-0.05, 0) is 49.2 Å². The molecule has 0 bridgehead atoms. The zero-order valence-electron chi connectivity index (χ0n) is 15.6. The molecule has 0 aliphatic rings. The van der Waals surface area contributed by atoms with E-state index in [9.17, 15) is 18.0 Å². The first-order chi connectivity index (χ1) is 13.2. The molecule has 3 rings (SSSR count). The molecule has 2 aromatic carbocycles. The highest BCUT2D eigenvalue weighted by molar-refractivity contribution is 6.07. The number of esters is 1. The molecule has 0 amide bonds. The third kappa shape index (κ3) is 3.78. The van der Waals surface area contributed by atoms with Crippen LogP contribution in [-0.2, 0) is 10.9 Å². The van der Waals surface area contributed by atoms with Gasteiger partial charge < -0.3 is 9.47 Å². The van der Waals surface area contributed by atoms with Crippen LogP contribution in [0.25, 0.3) is 22.0 Å². The van der Waals surface area contributed by atoms with Gasteiger partial charge in [-0.1, -0.05) is 12.1 Å². The molecule has 0 aliphatic carbocycles. The highest BCUT2D eigenvalue weighted by atomic mass is 19.4. The molecule has 0 atom stereocenters. The Kier molecular flexibility index (Phi) is 5.27. The van der Waals surface area contributed by atoms with Crippen LogP contribution in [0, 0.1) is 6.92 Å². The Labute approximate surface area is 159 Å². The van der Waals surface area contributed by atoms with Crippen molar-refractivity contribution in [2.75, 3.05) is 13.7 Å². The first-order valence-corrected chi connectivity index (χ1v) is 8.57. The summed E-state index contributed by atoms with van der Waals surface area (Å²) in [5.41, 5.74) is 1.48. The molecule has 4 nitrogen and oxygen atoms in total. The summed E-state index contributed by atoms with van der Waals surface area (Å²) in [6, 6.07) is 8.66. The summed E-state index contributed by atoms with van der Waals surface area (Å²) in [5.74, 6) is -0.0195. The number of benzene rings is 2. The molecule has 0 fully saturated rings. The van der Waals surface area contributed by atoms with Crippen LogP contribution < -0.4 is 4.74 Å². The summed E-state index contributed by atoms with van der Waals surface area (Å²) in [7, 11) is 1.52. The van der Waals surface area contributed by atoms with Crippen molar-refractivity contribution in [1.82, 2.24) is 4.98 Å². The monoisotopic (exact) mass is 389 g/mol. The first kappa shape index (κ1) is 19.7. The van der Waals surface area contributed by atoms with E-state index in [0.29, 0.717) is 22.3 Å². The second-order valence-corrected chi connectivity index (χ2v) is 6.24. The summed E-state index contributed by atoms with van der Waals surface area (Å²) in [5, 5.41) is 0.422. The smallest absolute Gasteiger partial charge is 0.416 e. The standard InChI is InChI=1S/C21H18F3NO3/c1-4-28-20(26)17-11-25-18-10-14(21(22,23)24)5-6-16(18)19(17)13-7-12(2)8-15(9-13)27-3/h5-11H,4H2,1-3H3. The van der Waals surface area contributed by atoms with Crippen LogP contribution in [0.2, 0.25) is 0 Å². The third-order valence-electron chi connectivity index (χ3n) is 4.27. The van der Waals surface area contributed by atoms with Crippen molar-refractivity contribution in [3.63, 3.8) is 0 Å². The number of pyridine rings is 1.